The fourth-order valence-electron chi connectivity index (χ4n) is 1.46. The van der Waals surface area contributed by atoms with Gasteiger partial charge >= 0.3 is 0 Å². The van der Waals surface area contributed by atoms with Crippen LogP contribution >= 0.6 is 12.6 Å². The standard InChI is InChI=1S/C7H16O.C5H10OS/c1-3-4-5-6-7-8-2;7-4-5-2-1-3-6-5/h3-7H2,1-2H3;5,7H,1-4H2. The summed E-state index contributed by atoms with van der Waals surface area (Å²) in [4.78, 5) is 0. The van der Waals surface area contributed by atoms with E-state index in [2.05, 4.69) is 19.6 Å². The first-order chi connectivity index (χ1) is 7.35. The second-order valence-electron chi connectivity index (χ2n) is 3.87. The van der Waals surface area contributed by atoms with Gasteiger partial charge in [-0.3, -0.25) is 0 Å². The van der Waals surface area contributed by atoms with Crippen molar-refractivity contribution >= 4 is 12.6 Å². The minimum atomic E-state index is 0.461. The van der Waals surface area contributed by atoms with E-state index in [1.54, 1.807) is 7.11 Å². The Hall–Kier alpha value is 0.270. The molecule has 92 valence electrons. The number of hydrogen-bond acceptors (Lipinski definition) is 3. The van der Waals surface area contributed by atoms with Crippen LogP contribution in [0.5, 0.6) is 0 Å². The van der Waals surface area contributed by atoms with Crippen LogP contribution in [0, 0.1) is 0 Å². The maximum atomic E-state index is 5.23. The van der Waals surface area contributed by atoms with Crippen molar-refractivity contribution in [1.29, 1.82) is 0 Å². The topological polar surface area (TPSA) is 18.5 Å². The quantitative estimate of drug-likeness (QED) is 0.561. The summed E-state index contributed by atoms with van der Waals surface area (Å²) in [6.45, 7) is 4.10. The summed E-state index contributed by atoms with van der Waals surface area (Å²) < 4.78 is 10.1. The maximum Gasteiger partial charge on any atom is 0.0663 e. The number of hydrogen-bond donors (Lipinski definition) is 1. The Kier molecular flexibility index (Phi) is 12.6. The molecule has 1 saturated heterocycles. The zero-order valence-electron chi connectivity index (χ0n) is 10.2. The molecule has 0 saturated carbocycles. The van der Waals surface area contributed by atoms with Crippen molar-refractivity contribution in [3.63, 3.8) is 0 Å². The van der Waals surface area contributed by atoms with Crippen molar-refractivity contribution in [3.8, 4) is 0 Å². The van der Waals surface area contributed by atoms with Crippen LogP contribution in [0.3, 0.4) is 0 Å². The zero-order valence-corrected chi connectivity index (χ0v) is 11.1. The van der Waals surface area contributed by atoms with E-state index in [4.69, 9.17) is 9.47 Å². The van der Waals surface area contributed by atoms with Crippen molar-refractivity contribution in [2.45, 2.75) is 51.6 Å². The van der Waals surface area contributed by atoms with Gasteiger partial charge in [0.25, 0.3) is 0 Å². The largest absolute Gasteiger partial charge is 0.385 e. The van der Waals surface area contributed by atoms with E-state index in [0.717, 1.165) is 19.0 Å². The molecule has 0 amide bonds. The molecule has 2 nitrogen and oxygen atoms in total. The third-order valence-corrected chi connectivity index (χ3v) is 2.84. The fourth-order valence-corrected chi connectivity index (χ4v) is 1.75. The summed E-state index contributed by atoms with van der Waals surface area (Å²) in [6.07, 6.45) is 8.11. The summed E-state index contributed by atoms with van der Waals surface area (Å²) in [7, 11) is 1.76. The Balaban J connectivity index is 0.000000262. The first-order valence-electron chi connectivity index (χ1n) is 6.06. The predicted molar refractivity (Wildman–Crippen MR) is 68.8 cm³/mol. The lowest BCUT2D eigenvalue weighted by Gasteiger charge is -2.00. The molecule has 1 fully saturated rings. The van der Waals surface area contributed by atoms with Crippen LogP contribution < -0.4 is 0 Å². The first-order valence-corrected chi connectivity index (χ1v) is 6.69. The Morgan fingerprint density at radius 1 is 1.33 bits per heavy atom. The summed E-state index contributed by atoms with van der Waals surface area (Å²) in [6, 6.07) is 0. The van der Waals surface area contributed by atoms with Gasteiger partial charge in [-0.25, -0.2) is 0 Å². The number of unbranched alkanes of at least 4 members (excludes halogenated alkanes) is 3. The van der Waals surface area contributed by atoms with Crippen molar-refractivity contribution in [2.24, 2.45) is 0 Å². The molecule has 0 aromatic rings. The average molecular weight is 234 g/mol. The molecule has 1 heterocycles. The van der Waals surface area contributed by atoms with E-state index in [1.165, 1.54) is 38.5 Å². The number of thiol groups is 1. The molecule has 0 radical (unpaired) electrons. The Bertz CT molecular complexity index is 108. The van der Waals surface area contributed by atoms with Crippen LogP contribution in [0.15, 0.2) is 0 Å². The minimum absolute atomic E-state index is 0.461. The number of ether oxygens (including phenoxy) is 2. The van der Waals surface area contributed by atoms with Crippen LogP contribution in [0.2, 0.25) is 0 Å². The van der Waals surface area contributed by atoms with Gasteiger partial charge in [-0.15, -0.1) is 0 Å². The monoisotopic (exact) mass is 234 g/mol. The molecule has 1 aliphatic rings. The highest BCUT2D eigenvalue weighted by atomic mass is 32.1. The van der Waals surface area contributed by atoms with Crippen LogP contribution in [0.1, 0.15) is 45.4 Å². The Morgan fingerprint density at radius 2 is 2.13 bits per heavy atom. The Morgan fingerprint density at radius 3 is 2.53 bits per heavy atom. The molecule has 1 unspecified atom stereocenters. The van der Waals surface area contributed by atoms with Gasteiger partial charge in [-0.1, -0.05) is 26.2 Å². The molecule has 1 atom stereocenters. The number of methoxy groups -OCH3 is 1. The summed E-state index contributed by atoms with van der Waals surface area (Å²) in [5.74, 6) is 0.889. The molecule has 0 spiro atoms. The van der Waals surface area contributed by atoms with Crippen LogP contribution in [-0.4, -0.2) is 32.2 Å². The molecular formula is C12H26O2S. The maximum absolute atomic E-state index is 5.23. The second kappa shape index (κ2) is 12.3. The average Bonchev–Trinajstić information content (AvgIpc) is 2.78. The van der Waals surface area contributed by atoms with E-state index >= 15 is 0 Å². The molecule has 0 N–H and O–H groups in total. The van der Waals surface area contributed by atoms with Crippen molar-refractivity contribution in [2.75, 3.05) is 26.1 Å². The van der Waals surface area contributed by atoms with Crippen LogP contribution in [0.4, 0.5) is 0 Å². The third kappa shape index (κ3) is 10.6. The molecular weight excluding hydrogens is 208 g/mol. The molecule has 3 heteroatoms. The third-order valence-electron chi connectivity index (χ3n) is 2.43. The van der Waals surface area contributed by atoms with Gasteiger partial charge in [0, 0.05) is 26.1 Å². The fraction of sp³-hybridized carbons (Fsp3) is 1.00. The van der Waals surface area contributed by atoms with Gasteiger partial charge in [0.2, 0.25) is 0 Å². The highest BCUT2D eigenvalue weighted by Crippen LogP contribution is 2.11. The smallest absolute Gasteiger partial charge is 0.0663 e. The minimum Gasteiger partial charge on any atom is -0.385 e. The zero-order chi connectivity index (χ0) is 11.4. The van der Waals surface area contributed by atoms with Crippen LogP contribution in [0.25, 0.3) is 0 Å². The molecule has 1 aliphatic heterocycles. The highest BCUT2D eigenvalue weighted by molar-refractivity contribution is 7.80. The van der Waals surface area contributed by atoms with Gasteiger partial charge in [0.15, 0.2) is 0 Å². The lowest BCUT2D eigenvalue weighted by atomic mass is 10.2. The molecule has 0 bridgehead atoms. The van der Waals surface area contributed by atoms with Gasteiger partial charge < -0.3 is 9.47 Å². The summed E-state index contributed by atoms with van der Waals surface area (Å²) in [5.41, 5.74) is 0. The summed E-state index contributed by atoms with van der Waals surface area (Å²) >= 11 is 4.09. The first kappa shape index (κ1) is 15.3. The summed E-state index contributed by atoms with van der Waals surface area (Å²) in [5, 5.41) is 0. The highest BCUT2D eigenvalue weighted by Gasteiger charge is 2.11. The van der Waals surface area contributed by atoms with Gasteiger partial charge in [0.1, 0.15) is 0 Å². The molecule has 1 rings (SSSR count). The van der Waals surface area contributed by atoms with E-state index < -0.39 is 0 Å². The van der Waals surface area contributed by atoms with Crippen molar-refractivity contribution < 1.29 is 9.47 Å². The Labute approximate surface area is 100 Å². The van der Waals surface area contributed by atoms with Gasteiger partial charge in [0.05, 0.1) is 6.10 Å². The lowest BCUT2D eigenvalue weighted by Crippen LogP contribution is -2.04. The van der Waals surface area contributed by atoms with Crippen molar-refractivity contribution in [3.05, 3.63) is 0 Å². The second-order valence-corrected chi connectivity index (χ2v) is 4.24. The van der Waals surface area contributed by atoms with Gasteiger partial charge in [-0.2, -0.15) is 12.6 Å². The predicted octanol–water partition coefficient (Wildman–Crippen LogP) is 3.31. The van der Waals surface area contributed by atoms with E-state index in [-0.39, 0.29) is 0 Å². The van der Waals surface area contributed by atoms with E-state index in [0.29, 0.717) is 6.10 Å². The van der Waals surface area contributed by atoms with E-state index in [1.807, 2.05) is 0 Å². The van der Waals surface area contributed by atoms with Crippen molar-refractivity contribution in [1.82, 2.24) is 0 Å². The molecule has 15 heavy (non-hydrogen) atoms. The molecule has 0 aliphatic carbocycles. The molecule has 0 aromatic heterocycles. The lowest BCUT2D eigenvalue weighted by molar-refractivity contribution is 0.129. The molecule has 0 aromatic carbocycles. The number of rotatable bonds is 6. The van der Waals surface area contributed by atoms with E-state index in [9.17, 15) is 0 Å². The van der Waals surface area contributed by atoms with Gasteiger partial charge in [-0.05, 0) is 19.3 Å². The SMILES string of the molecule is CCCCCCOC.SCC1CCCO1. The van der Waals surface area contributed by atoms with Crippen LogP contribution in [-0.2, 0) is 9.47 Å². The normalized spacial score (nSPS) is 19.8.